The number of amides is 2. The number of ether oxygens (including phenoxy) is 1. The van der Waals surface area contributed by atoms with Gasteiger partial charge >= 0.3 is 11.8 Å². The van der Waals surface area contributed by atoms with E-state index in [4.69, 9.17) is 4.74 Å². The van der Waals surface area contributed by atoms with Crippen LogP contribution >= 0.6 is 0 Å². The minimum absolute atomic E-state index is 0.0217. The summed E-state index contributed by atoms with van der Waals surface area (Å²) in [5.74, 6) is -1.59. The maximum Gasteiger partial charge on any atom is 0.329 e. The van der Waals surface area contributed by atoms with E-state index in [9.17, 15) is 14.7 Å². The minimum atomic E-state index is -0.861. The fourth-order valence-electron chi connectivity index (χ4n) is 1.90. The molecule has 7 nitrogen and oxygen atoms in total. The van der Waals surface area contributed by atoms with Gasteiger partial charge in [-0.2, -0.15) is 5.10 Å². The lowest BCUT2D eigenvalue weighted by molar-refractivity contribution is -0.139. The van der Waals surface area contributed by atoms with Crippen molar-refractivity contribution in [2.75, 3.05) is 13.2 Å². The standard InChI is InChI=1S/C14H17N3O4/c18-12-6-2-1-4-10(12)8-16-17-14(20)13(19)15-9-11-5-3-7-21-11/h1-2,4,6,8,11,18H,3,5,7,9H2,(H,15,19)(H,17,20)/b16-8+/t11-/m1/s1. The van der Waals surface area contributed by atoms with Gasteiger partial charge < -0.3 is 15.2 Å². The molecule has 3 N–H and O–H groups in total. The number of hydrogen-bond acceptors (Lipinski definition) is 5. The van der Waals surface area contributed by atoms with E-state index in [0.717, 1.165) is 12.8 Å². The highest BCUT2D eigenvalue weighted by Crippen LogP contribution is 2.12. The Morgan fingerprint density at radius 3 is 2.90 bits per heavy atom. The predicted octanol–water partition coefficient (Wildman–Crippen LogP) is 0.138. The first kappa shape index (κ1) is 15.0. The van der Waals surface area contributed by atoms with Crippen molar-refractivity contribution in [2.45, 2.75) is 18.9 Å². The van der Waals surface area contributed by atoms with Crippen LogP contribution in [-0.4, -0.2) is 42.4 Å². The largest absolute Gasteiger partial charge is 0.507 e. The van der Waals surface area contributed by atoms with Gasteiger partial charge in [-0.3, -0.25) is 9.59 Å². The van der Waals surface area contributed by atoms with Gasteiger partial charge in [0.25, 0.3) is 0 Å². The molecule has 0 aliphatic carbocycles. The van der Waals surface area contributed by atoms with E-state index in [1.165, 1.54) is 12.3 Å². The SMILES string of the molecule is O=C(NC[C@H]1CCCO1)C(=O)N/N=C/c1ccccc1O. The number of carbonyl (C=O) groups is 2. The van der Waals surface area contributed by atoms with E-state index in [1.807, 2.05) is 0 Å². The zero-order valence-corrected chi connectivity index (χ0v) is 11.4. The topological polar surface area (TPSA) is 100 Å². The molecule has 1 aromatic carbocycles. The van der Waals surface area contributed by atoms with Crippen molar-refractivity contribution < 1.29 is 19.4 Å². The lowest BCUT2D eigenvalue weighted by Crippen LogP contribution is -2.41. The summed E-state index contributed by atoms with van der Waals surface area (Å²) in [4.78, 5) is 23.0. The van der Waals surface area contributed by atoms with Gasteiger partial charge in [0.15, 0.2) is 0 Å². The molecule has 1 saturated heterocycles. The number of rotatable bonds is 4. The van der Waals surface area contributed by atoms with Crippen molar-refractivity contribution in [3.8, 4) is 5.75 Å². The first-order valence-electron chi connectivity index (χ1n) is 6.67. The molecule has 0 saturated carbocycles. The molecule has 0 radical (unpaired) electrons. The highest BCUT2D eigenvalue weighted by Gasteiger charge is 2.18. The first-order valence-corrected chi connectivity index (χ1v) is 6.67. The fraction of sp³-hybridized carbons (Fsp3) is 0.357. The summed E-state index contributed by atoms with van der Waals surface area (Å²) in [6.07, 6.45) is 3.09. The number of nitrogens with one attached hydrogen (secondary N) is 2. The van der Waals surface area contributed by atoms with Gasteiger partial charge in [-0.05, 0) is 25.0 Å². The molecule has 2 amide bonds. The van der Waals surface area contributed by atoms with E-state index >= 15 is 0 Å². The molecule has 1 heterocycles. The zero-order chi connectivity index (χ0) is 15.1. The summed E-state index contributed by atoms with van der Waals surface area (Å²) in [5, 5.41) is 15.6. The van der Waals surface area contributed by atoms with Crippen LogP contribution in [0.1, 0.15) is 18.4 Å². The highest BCUT2D eigenvalue weighted by atomic mass is 16.5. The minimum Gasteiger partial charge on any atom is -0.507 e. The van der Waals surface area contributed by atoms with Crippen molar-refractivity contribution in [1.29, 1.82) is 0 Å². The zero-order valence-electron chi connectivity index (χ0n) is 11.4. The molecule has 1 atom stereocenters. The lowest BCUT2D eigenvalue weighted by atomic mass is 10.2. The number of para-hydroxylation sites is 1. The van der Waals surface area contributed by atoms with E-state index < -0.39 is 11.8 Å². The molecule has 2 rings (SSSR count). The van der Waals surface area contributed by atoms with E-state index in [0.29, 0.717) is 18.7 Å². The van der Waals surface area contributed by atoms with Crippen LogP contribution in [0.15, 0.2) is 29.4 Å². The number of aromatic hydroxyl groups is 1. The second-order valence-corrected chi connectivity index (χ2v) is 4.60. The second kappa shape index (κ2) is 7.39. The maximum absolute atomic E-state index is 11.5. The quantitative estimate of drug-likeness (QED) is 0.417. The van der Waals surface area contributed by atoms with Gasteiger partial charge in [0.1, 0.15) is 5.75 Å². The molecule has 21 heavy (non-hydrogen) atoms. The normalized spacial score (nSPS) is 17.8. The van der Waals surface area contributed by atoms with Crippen molar-refractivity contribution in [1.82, 2.24) is 10.7 Å². The van der Waals surface area contributed by atoms with Crippen LogP contribution in [0, 0.1) is 0 Å². The number of phenolic OH excluding ortho intramolecular Hbond substituents is 1. The monoisotopic (exact) mass is 291 g/mol. The number of phenols is 1. The summed E-state index contributed by atoms with van der Waals surface area (Å²) < 4.78 is 5.33. The summed E-state index contributed by atoms with van der Waals surface area (Å²) >= 11 is 0. The van der Waals surface area contributed by atoms with Gasteiger partial charge in [0.05, 0.1) is 12.3 Å². The summed E-state index contributed by atoms with van der Waals surface area (Å²) in [6, 6.07) is 6.51. The molecule has 1 fully saturated rings. The predicted molar refractivity (Wildman–Crippen MR) is 75.8 cm³/mol. The molecule has 1 aromatic rings. The van der Waals surface area contributed by atoms with E-state index in [-0.39, 0.29) is 11.9 Å². The van der Waals surface area contributed by atoms with Gasteiger partial charge in [0, 0.05) is 18.7 Å². The molecule has 0 spiro atoms. The van der Waals surface area contributed by atoms with Gasteiger partial charge in [-0.1, -0.05) is 12.1 Å². The van der Waals surface area contributed by atoms with Gasteiger partial charge in [-0.15, -0.1) is 0 Å². The molecule has 1 aliphatic heterocycles. The third-order valence-corrected chi connectivity index (χ3v) is 3.03. The van der Waals surface area contributed by atoms with E-state index in [2.05, 4.69) is 15.8 Å². The average molecular weight is 291 g/mol. The molecule has 7 heteroatoms. The van der Waals surface area contributed by atoms with E-state index in [1.54, 1.807) is 18.2 Å². The Hall–Kier alpha value is -2.41. The Bertz CT molecular complexity index is 539. The van der Waals surface area contributed by atoms with Crippen LogP contribution in [-0.2, 0) is 14.3 Å². The number of nitrogens with zero attached hydrogens (tertiary/aromatic N) is 1. The lowest BCUT2D eigenvalue weighted by Gasteiger charge is -2.09. The maximum atomic E-state index is 11.5. The van der Waals surface area contributed by atoms with Crippen molar-refractivity contribution in [3.05, 3.63) is 29.8 Å². The van der Waals surface area contributed by atoms with Gasteiger partial charge in [-0.25, -0.2) is 5.43 Å². The third kappa shape index (κ3) is 4.57. The van der Waals surface area contributed by atoms with Crippen molar-refractivity contribution in [3.63, 3.8) is 0 Å². The van der Waals surface area contributed by atoms with Crippen LogP contribution in [0.5, 0.6) is 5.75 Å². The smallest absolute Gasteiger partial charge is 0.329 e. The third-order valence-electron chi connectivity index (χ3n) is 3.03. The summed E-state index contributed by atoms with van der Waals surface area (Å²) in [7, 11) is 0. The first-order chi connectivity index (χ1) is 10.2. The van der Waals surface area contributed by atoms with Crippen molar-refractivity contribution in [2.24, 2.45) is 5.10 Å². The fourth-order valence-corrected chi connectivity index (χ4v) is 1.90. The van der Waals surface area contributed by atoms with Crippen molar-refractivity contribution >= 4 is 18.0 Å². The number of carbonyl (C=O) groups excluding carboxylic acids is 2. The Morgan fingerprint density at radius 1 is 1.38 bits per heavy atom. The van der Waals surface area contributed by atoms with Crippen LogP contribution in [0.4, 0.5) is 0 Å². The Morgan fingerprint density at radius 2 is 2.19 bits per heavy atom. The van der Waals surface area contributed by atoms with Crippen LogP contribution < -0.4 is 10.7 Å². The summed E-state index contributed by atoms with van der Waals surface area (Å²) in [6.45, 7) is 1.01. The molecule has 0 bridgehead atoms. The number of hydrogen-bond donors (Lipinski definition) is 3. The van der Waals surface area contributed by atoms with Crippen LogP contribution in [0.2, 0.25) is 0 Å². The summed E-state index contributed by atoms with van der Waals surface area (Å²) in [5.41, 5.74) is 2.54. The van der Waals surface area contributed by atoms with Crippen LogP contribution in [0.3, 0.4) is 0 Å². The Labute approximate surface area is 122 Å². The molecule has 0 unspecified atom stereocenters. The Kier molecular flexibility index (Phi) is 5.28. The molecular weight excluding hydrogens is 274 g/mol. The number of hydrazone groups is 1. The molecule has 1 aliphatic rings. The van der Waals surface area contributed by atoms with Crippen LogP contribution in [0.25, 0.3) is 0 Å². The number of benzene rings is 1. The molecular formula is C14H17N3O4. The molecule has 112 valence electrons. The average Bonchev–Trinajstić information content (AvgIpc) is 3.00. The Balaban J connectivity index is 1.75. The second-order valence-electron chi connectivity index (χ2n) is 4.60. The highest BCUT2D eigenvalue weighted by molar-refractivity contribution is 6.35. The van der Waals surface area contributed by atoms with Gasteiger partial charge in [0.2, 0.25) is 0 Å². The molecule has 0 aromatic heterocycles.